The zero-order chi connectivity index (χ0) is 7.11. The quantitative estimate of drug-likeness (QED) is 0.547. The minimum Gasteiger partial charge on any atom is -0.316 e. The zero-order valence-electron chi connectivity index (χ0n) is 5.26. The second kappa shape index (κ2) is 6.07. The fourth-order valence-electron chi connectivity index (χ4n) is 0.386. The first kappa shape index (κ1) is 8.94. The van der Waals surface area contributed by atoms with Crippen LogP contribution in [0.3, 0.4) is 0 Å². The monoisotopic (exact) mass is 148 g/mol. The highest BCUT2D eigenvalue weighted by Crippen LogP contribution is 1.97. The number of hydroxylamine groups is 1. The SMILES string of the molecule is CSCC[C@@H]([C]=O)NO. The van der Waals surface area contributed by atoms with Crippen LogP contribution in [-0.2, 0) is 4.79 Å². The molecule has 0 unspecified atom stereocenters. The fourth-order valence-corrected chi connectivity index (χ4v) is 0.857. The van der Waals surface area contributed by atoms with Crippen molar-refractivity contribution in [3.63, 3.8) is 0 Å². The summed E-state index contributed by atoms with van der Waals surface area (Å²) in [5.74, 6) is 0.855. The van der Waals surface area contributed by atoms with Crippen LogP contribution in [0.5, 0.6) is 0 Å². The predicted octanol–water partition coefficient (Wildman–Crippen LogP) is 0.197. The van der Waals surface area contributed by atoms with Crippen molar-refractivity contribution >= 4 is 18.0 Å². The molecule has 9 heavy (non-hydrogen) atoms. The molecule has 0 heterocycles. The van der Waals surface area contributed by atoms with Gasteiger partial charge in [-0.3, -0.25) is 4.79 Å². The van der Waals surface area contributed by atoms with Gasteiger partial charge in [0, 0.05) is 0 Å². The van der Waals surface area contributed by atoms with Gasteiger partial charge in [0.05, 0.1) is 6.04 Å². The Kier molecular flexibility index (Phi) is 6.03. The molecule has 3 nitrogen and oxygen atoms in total. The molecule has 1 atom stereocenters. The van der Waals surface area contributed by atoms with Gasteiger partial charge in [-0.15, -0.1) is 0 Å². The van der Waals surface area contributed by atoms with Crippen LogP contribution in [0, 0.1) is 0 Å². The van der Waals surface area contributed by atoms with Crippen LogP contribution in [-0.4, -0.2) is 29.5 Å². The maximum absolute atomic E-state index is 9.89. The Morgan fingerprint density at radius 3 is 2.89 bits per heavy atom. The number of thioether (sulfide) groups is 1. The third-order valence-corrected chi connectivity index (χ3v) is 1.55. The number of nitrogens with one attached hydrogen (secondary N) is 1. The summed E-state index contributed by atoms with van der Waals surface area (Å²) in [6.07, 6.45) is 4.23. The van der Waals surface area contributed by atoms with Gasteiger partial charge in [-0.25, -0.2) is 0 Å². The number of rotatable bonds is 5. The molecule has 53 valence electrons. The minimum absolute atomic E-state index is 0.516. The van der Waals surface area contributed by atoms with Gasteiger partial charge in [-0.2, -0.15) is 17.2 Å². The van der Waals surface area contributed by atoms with Crippen molar-refractivity contribution in [2.24, 2.45) is 0 Å². The fraction of sp³-hybridized carbons (Fsp3) is 0.800. The van der Waals surface area contributed by atoms with Gasteiger partial charge in [0.25, 0.3) is 0 Å². The minimum atomic E-state index is -0.516. The summed E-state index contributed by atoms with van der Waals surface area (Å²) in [7, 11) is 0. The van der Waals surface area contributed by atoms with E-state index in [1.807, 2.05) is 11.7 Å². The molecule has 0 spiro atoms. The van der Waals surface area contributed by atoms with Gasteiger partial charge in [-0.05, 0) is 18.4 Å². The van der Waals surface area contributed by atoms with E-state index >= 15 is 0 Å². The van der Waals surface area contributed by atoms with E-state index in [4.69, 9.17) is 5.21 Å². The lowest BCUT2D eigenvalue weighted by Crippen LogP contribution is -2.27. The molecule has 0 saturated carbocycles. The summed E-state index contributed by atoms with van der Waals surface area (Å²) in [6.45, 7) is 0. The first-order valence-corrected chi connectivity index (χ1v) is 4.00. The van der Waals surface area contributed by atoms with Gasteiger partial charge >= 0.3 is 0 Å². The molecule has 0 fully saturated rings. The maximum atomic E-state index is 9.89. The molecular formula is C5H10NO2S. The Balaban J connectivity index is 3.20. The summed E-state index contributed by atoms with van der Waals surface area (Å²) < 4.78 is 0. The van der Waals surface area contributed by atoms with Crippen molar-refractivity contribution in [2.45, 2.75) is 12.5 Å². The molecule has 2 N–H and O–H groups in total. The molecule has 1 radical (unpaired) electrons. The average molecular weight is 148 g/mol. The smallest absolute Gasteiger partial charge is 0.219 e. The molecule has 0 bridgehead atoms. The molecule has 0 amide bonds. The Bertz CT molecular complexity index is 79.4. The van der Waals surface area contributed by atoms with Crippen molar-refractivity contribution in [1.29, 1.82) is 0 Å². The standard InChI is InChI=1S/C5H10NO2S/c1-9-3-2-5(4-7)6-8/h5-6,8H,2-3H2,1H3/t5-/m0/s1. The summed E-state index contributed by atoms with van der Waals surface area (Å²) in [5, 5.41) is 8.23. The topological polar surface area (TPSA) is 49.3 Å². The summed E-state index contributed by atoms with van der Waals surface area (Å²) >= 11 is 1.63. The Hall–Kier alpha value is -0.0600. The molecular weight excluding hydrogens is 138 g/mol. The zero-order valence-corrected chi connectivity index (χ0v) is 6.07. The predicted molar refractivity (Wildman–Crippen MR) is 37.4 cm³/mol. The third-order valence-electron chi connectivity index (χ3n) is 0.909. The second-order valence-electron chi connectivity index (χ2n) is 1.58. The lowest BCUT2D eigenvalue weighted by molar-refractivity contribution is 0.147. The maximum Gasteiger partial charge on any atom is 0.219 e. The summed E-state index contributed by atoms with van der Waals surface area (Å²) in [4.78, 5) is 9.89. The lowest BCUT2D eigenvalue weighted by Gasteiger charge is -2.03. The van der Waals surface area contributed by atoms with Gasteiger partial charge in [0.1, 0.15) is 0 Å². The van der Waals surface area contributed by atoms with Crippen molar-refractivity contribution < 1.29 is 10.0 Å². The van der Waals surface area contributed by atoms with E-state index in [1.165, 1.54) is 0 Å². The third kappa shape index (κ3) is 4.44. The largest absolute Gasteiger partial charge is 0.316 e. The highest BCUT2D eigenvalue weighted by Gasteiger charge is 2.03. The summed E-state index contributed by atoms with van der Waals surface area (Å²) in [5.41, 5.74) is 1.85. The van der Waals surface area contributed by atoms with Gasteiger partial charge in [0.2, 0.25) is 6.29 Å². The highest BCUT2D eigenvalue weighted by atomic mass is 32.2. The summed E-state index contributed by atoms with van der Waals surface area (Å²) in [6, 6.07) is -0.516. The Morgan fingerprint density at radius 2 is 2.56 bits per heavy atom. The Morgan fingerprint density at radius 1 is 1.89 bits per heavy atom. The number of carbonyl (C=O) groups excluding carboxylic acids is 1. The van der Waals surface area contributed by atoms with Crippen molar-refractivity contribution in [2.75, 3.05) is 12.0 Å². The molecule has 0 aliphatic carbocycles. The van der Waals surface area contributed by atoms with E-state index in [0.29, 0.717) is 6.42 Å². The van der Waals surface area contributed by atoms with E-state index in [2.05, 4.69) is 0 Å². The van der Waals surface area contributed by atoms with Crippen LogP contribution >= 0.6 is 11.8 Å². The second-order valence-corrected chi connectivity index (χ2v) is 2.57. The van der Waals surface area contributed by atoms with Crippen LogP contribution < -0.4 is 5.48 Å². The van der Waals surface area contributed by atoms with Crippen LogP contribution in [0.1, 0.15) is 6.42 Å². The van der Waals surface area contributed by atoms with Gasteiger partial charge < -0.3 is 5.21 Å². The number of hydrogen-bond donors (Lipinski definition) is 2. The van der Waals surface area contributed by atoms with Crippen molar-refractivity contribution in [3.05, 3.63) is 0 Å². The highest BCUT2D eigenvalue weighted by molar-refractivity contribution is 7.98. The van der Waals surface area contributed by atoms with E-state index in [9.17, 15) is 4.79 Å². The van der Waals surface area contributed by atoms with Crippen molar-refractivity contribution in [1.82, 2.24) is 5.48 Å². The molecule has 0 aromatic carbocycles. The Labute approximate surface area is 58.8 Å². The van der Waals surface area contributed by atoms with Crippen LogP contribution in [0.25, 0.3) is 0 Å². The van der Waals surface area contributed by atoms with Gasteiger partial charge in [-0.1, -0.05) is 0 Å². The first-order chi connectivity index (χ1) is 4.35. The molecule has 0 aromatic rings. The van der Waals surface area contributed by atoms with Crippen LogP contribution in [0.2, 0.25) is 0 Å². The number of hydrogen-bond acceptors (Lipinski definition) is 4. The van der Waals surface area contributed by atoms with E-state index in [1.54, 1.807) is 18.0 Å². The normalized spacial score (nSPS) is 13.1. The van der Waals surface area contributed by atoms with Gasteiger partial charge in [0.15, 0.2) is 0 Å². The van der Waals surface area contributed by atoms with Crippen molar-refractivity contribution in [3.8, 4) is 0 Å². The van der Waals surface area contributed by atoms with E-state index in [0.717, 1.165) is 5.75 Å². The molecule has 0 aliphatic rings. The first-order valence-electron chi connectivity index (χ1n) is 2.61. The van der Waals surface area contributed by atoms with E-state index < -0.39 is 6.04 Å². The molecule has 0 saturated heterocycles. The molecule has 0 aromatic heterocycles. The van der Waals surface area contributed by atoms with Crippen LogP contribution in [0.4, 0.5) is 0 Å². The lowest BCUT2D eigenvalue weighted by atomic mass is 10.3. The molecule has 0 aliphatic heterocycles. The molecule has 0 rings (SSSR count). The van der Waals surface area contributed by atoms with E-state index in [-0.39, 0.29) is 0 Å². The van der Waals surface area contributed by atoms with Crippen LogP contribution in [0.15, 0.2) is 0 Å². The molecule has 4 heteroatoms. The average Bonchev–Trinajstić information content (AvgIpc) is 1.91.